The third kappa shape index (κ3) is 4.27. The van der Waals surface area contributed by atoms with Crippen LogP contribution < -0.4 is 4.90 Å². The minimum Gasteiger partial charge on any atom is -0.465 e. The first-order valence-electron chi connectivity index (χ1n) is 8.93. The predicted octanol–water partition coefficient (Wildman–Crippen LogP) is 2.04. The Morgan fingerprint density at radius 2 is 2.07 bits per heavy atom. The highest BCUT2D eigenvalue weighted by Crippen LogP contribution is 2.24. The predicted molar refractivity (Wildman–Crippen MR) is 98.2 cm³/mol. The zero-order valence-corrected chi connectivity index (χ0v) is 15.8. The van der Waals surface area contributed by atoms with Crippen LogP contribution in [0.5, 0.6) is 0 Å². The van der Waals surface area contributed by atoms with Crippen molar-refractivity contribution in [3.05, 3.63) is 41.7 Å². The number of ether oxygens (including phenoxy) is 1. The molecule has 0 atom stereocenters. The molecule has 1 aliphatic rings. The third-order valence-electron chi connectivity index (χ3n) is 4.86. The summed E-state index contributed by atoms with van der Waals surface area (Å²) >= 11 is 0. The van der Waals surface area contributed by atoms with E-state index in [1.165, 1.54) is 7.11 Å². The van der Waals surface area contributed by atoms with Crippen molar-refractivity contribution in [2.75, 3.05) is 32.1 Å². The highest BCUT2D eigenvalue weighted by Gasteiger charge is 2.28. The number of carbonyl (C=O) groups is 2. The Morgan fingerprint density at radius 1 is 1.33 bits per heavy atom. The minimum absolute atomic E-state index is 0.0286. The number of aryl methyl sites for hydroxylation is 1. The molecule has 0 unspecified atom stereocenters. The van der Waals surface area contributed by atoms with Gasteiger partial charge in [-0.15, -0.1) is 0 Å². The second kappa shape index (κ2) is 8.20. The van der Waals surface area contributed by atoms with Crippen molar-refractivity contribution in [3.63, 3.8) is 0 Å². The molecule has 0 aromatic carbocycles. The molecule has 3 rings (SSSR count). The molecule has 27 heavy (non-hydrogen) atoms. The Labute approximate surface area is 158 Å². The van der Waals surface area contributed by atoms with Crippen molar-refractivity contribution in [3.8, 4) is 0 Å². The van der Waals surface area contributed by atoms with Gasteiger partial charge in [-0.1, -0.05) is 0 Å². The number of esters is 1. The van der Waals surface area contributed by atoms with Crippen LogP contribution in [0.4, 0.5) is 5.82 Å². The molecular weight excluding hydrogens is 348 g/mol. The summed E-state index contributed by atoms with van der Waals surface area (Å²) in [5, 5.41) is 0. The van der Waals surface area contributed by atoms with Gasteiger partial charge in [0.15, 0.2) is 0 Å². The average Bonchev–Trinajstić information content (AvgIpc) is 3.07. The maximum Gasteiger partial charge on any atom is 0.341 e. The van der Waals surface area contributed by atoms with Crippen LogP contribution in [0.3, 0.4) is 0 Å². The van der Waals surface area contributed by atoms with Crippen molar-refractivity contribution in [2.45, 2.75) is 26.3 Å². The van der Waals surface area contributed by atoms with Gasteiger partial charge in [-0.25, -0.2) is 9.78 Å². The molecule has 2 aromatic rings. The van der Waals surface area contributed by atoms with Crippen LogP contribution in [0.25, 0.3) is 0 Å². The van der Waals surface area contributed by atoms with Crippen molar-refractivity contribution < 1.29 is 18.7 Å². The summed E-state index contributed by atoms with van der Waals surface area (Å²) in [6, 6.07) is 1.64. The second-order valence-corrected chi connectivity index (χ2v) is 6.69. The molecule has 8 heteroatoms. The first-order valence-corrected chi connectivity index (χ1v) is 8.93. The number of furan rings is 1. The van der Waals surface area contributed by atoms with Crippen molar-refractivity contribution >= 4 is 17.7 Å². The summed E-state index contributed by atoms with van der Waals surface area (Å²) in [5.74, 6) is 1.53. The summed E-state index contributed by atoms with van der Waals surface area (Å²) in [6.45, 7) is 3.57. The molecule has 1 aliphatic heterocycles. The zero-order valence-electron chi connectivity index (χ0n) is 15.8. The van der Waals surface area contributed by atoms with Gasteiger partial charge < -0.3 is 19.0 Å². The maximum atomic E-state index is 12.8. The fraction of sp³-hybridized carbons (Fsp3) is 0.474. The van der Waals surface area contributed by atoms with E-state index in [9.17, 15) is 9.59 Å². The molecule has 0 saturated carbocycles. The molecule has 1 amide bonds. The number of aromatic nitrogens is 2. The van der Waals surface area contributed by atoms with Crippen LogP contribution >= 0.6 is 0 Å². The number of piperidine rings is 1. The van der Waals surface area contributed by atoms with Crippen LogP contribution in [-0.4, -0.2) is 54.0 Å². The Kier molecular flexibility index (Phi) is 5.73. The largest absolute Gasteiger partial charge is 0.465 e. The van der Waals surface area contributed by atoms with E-state index in [1.807, 2.05) is 0 Å². The highest BCUT2D eigenvalue weighted by molar-refractivity contribution is 5.90. The lowest BCUT2D eigenvalue weighted by Gasteiger charge is -2.33. The first-order chi connectivity index (χ1) is 13.0. The summed E-state index contributed by atoms with van der Waals surface area (Å²) in [4.78, 5) is 36.7. The zero-order chi connectivity index (χ0) is 19.4. The molecule has 0 bridgehead atoms. The third-order valence-corrected chi connectivity index (χ3v) is 4.86. The Morgan fingerprint density at radius 3 is 2.70 bits per heavy atom. The monoisotopic (exact) mass is 372 g/mol. The number of hydrogen-bond acceptors (Lipinski definition) is 7. The summed E-state index contributed by atoms with van der Waals surface area (Å²) < 4.78 is 10.3. The number of methoxy groups -OCH3 is 1. The Balaban J connectivity index is 1.56. The van der Waals surface area contributed by atoms with Gasteiger partial charge in [0.1, 0.15) is 22.9 Å². The van der Waals surface area contributed by atoms with Crippen LogP contribution in [0.2, 0.25) is 0 Å². The molecule has 144 valence electrons. The number of nitrogens with zero attached hydrogens (tertiary/aromatic N) is 4. The van der Waals surface area contributed by atoms with Gasteiger partial charge >= 0.3 is 5.97 Å². The molecule has 1 fully saturated rings. The molecule has 3 heterocycles. The van der Waals surface area contributed by atoms with E-state index < -0.39 is 5.97 Å². The molecule has 0 aliphatic carbocycles. The smallest absolute Gasteiger partial charge is 0.341 e. The van der Waals surface area contributed by atoms with Crippen molar-refractivity contribution in [2.24, 2.45) is 5.92 Å². The van der Waals surface area contributed by atoms with Gasteiger partial charge in [0, 0.05) is 38.4 Å². The van der Waals surface area contributed by atoms with Crippen LogP contribution in [0.1, 0.15) is 34.7 Å². The van der Waals surface area contributed by atoms with E-state index in [2.05, 4.69) is 14.9 Å². The van der Waals surface area contributed by atoms with E-state index >= 15 is 0 Å². The molecule has 0 N–H and O–H groups in total. The van der Waals surface area contributed by atoms with Crippen molar-refractivity contribution in [1.82, 2.24) is 14.9 Å². The topological polar surface area (TPSA) is 88.8 Å². The van der Waals surface area contributed by atoms with E-state index in [0.29, 0.717) is 23.6 Å². The normalized spacial score (nSPS) is 14.9. The molecule has 1 saturated heterocycles. The second-order valence-electron chi connectivity index (χ2n) is 6.69. The Hall–Kier alpha value is -2.90. The summed E-state index contributed by atoms with van der Waals surface area (Å²) in [6.07, 6.45) is 6.60. The fourth-order valence-electron chi connectivity index (χ4n) is 3.37. The maximum absolute atomic E-state index is 12.8. The van der Waals surface area contributed by atoms with Gasteiger partial charge in [-0.05, 0) is 25.8 Å². The van der Waals surface area contributed by atoms with Crippen LogP contribution in [-0.2, 0) is 16.1 Å². The van der Waals surface area contributed by atoms with Crippen LogP contribution in [0, 0.1) is 12.8 Å². The van der Waals surface area contributed by atoms with Gasteiger partial charge in [0.25, 0.3) is 0 Å². The number of hydrogen-bond donors (Lipinski definition) is 0. The summed E-state index contributed by atoms with van der Waals surface area (Å²) in [5.41, 5.74) is 0.394. The number of rotatable bonds is 5. The minimum atomic E-state index is -0.437. The van der Waals surface area contributed by atoms with Gasteiger partial charge in [-0.2, -0.15) is 0 Å². The molecule has 0 radical (unpaired) electrons. The number of amides is 1. The lowest BCUT2D eigenvalue weighted by Crippen LogP contribution is -2.41. The van der Waals surface area contributed by atoms with Gasteiger partial charge in [-0.3, -0.25) is 9.78 Å². The van der Waals surface area contributed by atoms with E-state index in [4.69, 9.17) is 9.15 Å². The molecule has 8 nitrogen and oxygen atoms in total. The lowest BCUT2D eigenvalue weighted by atomic mass is 9.95. The quantitative estimate of drug-likeness (QED) is 0.742. The molecular formula is C19H24N4O4. The van der Waals surface area contributed by atoms with E-state index in [0.717, 1.165) is 31.7 Å². The average molecular weight is 372 g/mol. The van der Waals surface area contributed by atoms with Crippen LogP contribution in [0.15, 0.2) is 29.1 Å². The summed E-state index contributed by atoms with van der Waals surface area (Å²) in [7, 11) is 3.09. The van der Waals surface area contributed by atoms with E-state index in [-0.39, 0.29) is 11.8 Å². The Bertz CT molecular complexity index is 797. The number of carbonyl (C=O) groups excluding carboxylic acids is 2. The van der Waals surface area contributed by atoms with E-state index in [1.54, 1.807) is 43.5 Å². The highest BCUT2D eigenvalue weighted by atomic mass is 16.5. The van der Waals surface area contributed by atoms with Gasteiger partial charge in [0.05, 0.1) is 19.9 Å². The fourth-order valence-corrected chi connectivity index (χ4v) is 3.37. The first kappa shape index (κ1) is 18.9. The standard InChI is InChI=1S/C19H24N4O4/c1-13-16(19(25)26-3)10-15(27-13)12-22(2)18(24)14-4-8-23(9-5-14)17-11-20-6-7-21-17/h6-7,10-11,14H,4-5,8-9,12H2,1-3H3. The van der Waals surface area contributed by atoms with Gasteiger partial charge in [0.2, 0.25) is 5.91 Å². The lowest BCUT2D eigenvalue weighted by molar-refractivity contribution is -0.135. The molecule has 0 spiro atoms. The SMILES string of the molecule is COC(=O)c1cc(CN(C)C(=O)C2CCN(c3cnccn3)CC2)oc1C. The van der Waals surface area contributed by atoms with Crippen molar-refractivity contribution in [1.29, 1.82) is 0 Å². The number of anilines is 1. The molecule has 2 aromatic heterocycles.